The minimum Gasteiger partial charge on any atom is -0.376 e. The van der Waals surface area contributed by atoms with Crippen LogP contribution in [0.3, 0.4) is 0 Å². The van der Waals surface area contributed by atoms with Crippen molar-refractivity contribution in [1.82, 2.24) is 14.5 Å². The maximum atomic E-state index is 12.8. The largest absolute Gasteiger partial charge is 0.376 e. The first kappa shape index (κ1) is 20.6. The fraction of sp³-hybridized carbons (Fsp3) is 0.565. The highest BCUT2D eigenvalue weighted by atomic mass is 16.5. The molecule has 2 heterocycles. The van der Waals surface area contributed by atoms with Crippen LogP contribution in [0.2, 0.25) is 0 Å². The standard InChI is InChI=1S/C23H33N3O2/c1-16(2)23(27)26(13-20-7-6-10-28-20)15-22-24-8-9-25(22)14-21-18(4)11-17(3)12-19(21)5/h8-9,11-12,16,20H,6-7,10,13-15H2,1-5H3. The van der Waals surface area contributed by atoms with Crippen molar-refractivity contribution in [1.29, 1.82) is 0 Å². The first-order chi connectivity index (χ1) is 13.3. The Morgan fingerprint density at radius 2 is 2.00 bits per heavy atom. The molecule has 0 bridgehead atoms. The summed E-state index contributed by atoms with van der Waals surface area (Å²) >= 11 is 0. The van der Waals surface area contributed by atoms with Gasteiger partial charge in [0, 0.05) is 38.0 Å². The van der Waals surface area contributed by atoms with E-state index in [1.807, 2.05) is 31.1 Å². The summed E-state index contributed by atoms with van der Waals surface area (Å²) in [5, 5.41) is 0. The number of benzene rings is 1. The third kappa shape index (κ3) is 4.82. The minimum atomic E-state index is -0.0357. The van der Waals surface area contributed by atoms with Gasteiger partial charge >= 0.3 is 0 Å². The van der Waals surface area contributed by atoms with E-state index in [9.17, 15) is 4.79 Å². The van der Waals surface area contributed by atoms with Crippen LogP contribution in [-0.2, 0) is 22.6 Å². The van der Waals surface area contributed by atoms with E-state index in [2.05, 4.69) is 42.5 Å². The zero-order chi connectivity index (χ0) is 20.3. The molecule has 1 saturated heterocycles. The van der Waals surface area contributed by atoms with Crippen molar-refractivity contribution < 1.29 is 9.53 Å². The van der Waals surface area contributed by atoms with Gasteiger partial charge in [-0.25, -0.2) is 4.98 Å². The molecular weight excluding hydrogens is 350 g/mol. The zero-order valence-electron chi connectivity index (χ0n) is 17.9. The van der Waals surface area contributed by atoms with Gasteiger partial charge in [0.25, 0.3) is 0 Å². The quantitative estimate of drug-likeness (QED) is 0.725. The number of carbonyl (C=O) groups is 1. The number of nitrogens with zero attached hydrogens (tertiary/aromatic N) is 3. The van der Waals surface area contributed by atoms with E-state index in [1.54, 1.807) is 0 Å². The van der Waals surface area contributed by atoms with Crippen molar-refractivity contribution in [2.45, 2.75) is 66.7 Å². The maximum Gasteiger partial charge on any atom is 0.225 e. The molecule has 28 heavy (non-hydrogen) atoms. The van der Waals surface area contributed by atoms with Crippen LogP contribution in [-0.4, -0.2) is 39.6 Å². The normalized spacial score (nSPS) is 16.7. The first-order valence-electron chi connectivity index (χ1n) is 10.3. The molecule has 5 heteroatoms. The van der Waals surface area contributed by atoms with Crippen molar-refractivity contribution in [2.24, 2.45) is 5.92 Å². The van der Waals surface area contributed by atoms with Gasteiger partial charge in [0.1, 0.15) is 5.82 Å². The maximum absolute atomic E-state index is 12.8. The van der Waals surface area contributed by atoms with Crippen molar-refractivity contribution in [3.8, 4) is 0 Å². The highest BCUT2D eigenvalue weighted by molar-refractivity contribution is 5.78. The Labute approximate surface area is 168 Å². The number of hydrogen-bond acceptors (Lipinski definition) is 3. The zero-order valence-corrected chi connectivity index (χ0v) is 17.9. The number of hydrogen-bond donors (Lipinski definition) is 0. The van der Waals surface area contributed by atoms with E-state index in [1.165, 1.54) is 22.3 Å². The van der Waals surface area contributed by atoms with Gasteiger partial charge < -0.3 is 14.2 Å². The smallest absolute Gasteiger partial charge is 0.225 e. The van der Waals surface area contributed by atoms with Crippen LogP contribution in [0.4, 0.5) is 0 Å². The summed E-state index contributed by atoms with van der Waals surface area (Å²) in [6, 6.07) is 4.45. The number of carbonyl (C=O) groups excluding carboxylic acids is 1. The molecule has 1 aromatic heterocycles. The van der Waals surface area contributed by atoms with Crippen LogP contribution in [0.1, 0.15) is 54.8 Å². The first-order valence-corrected chi connectivity index (χ1v) is 10.3. The molecule has 1 aliphatic rings. The van der Waals surface area contributed by atoms with E-state index in [4.69, 9.17) is 4.74 Å². The minimum absolute atomic E-state index is 0.0357. The number of imidazole rings is 1. The lowest BCUT2D eigenvalue weighted by molar-refractivity contribution is -0.136. The topological polar surface area (TPSA) is 47.4 Å². The van der Waals surface area contributed by atoms with Gasteiger partial charge in [-0.15, -0.1) is 0 Å². The Morgan fingerprint density at radius 3 is 2.61 bits per heavy atom. The molecular formula is C23H33N3O2. The summed E-state index contributed by atoms with van der Waals surface area (Å²) in [5.74, 6) is 1.05. The van der Waals surface area contributed by atoms with E-state index in [0.717, 1.165) is 31.8 Å². The van der Waals surface area contributed by atoms with Gasteiger partial charge in [0.2, 0.25) is 5.91 Å². The molecule has 1 aliphatic heterocycles. The average molecular weight is 384 g/mol. The second kappa shape index (κ2) is 8.91. The molecule has 0 saturated carbocycles. The molecule has 0 N–H and O–H groups in total. The molecule has 1 fully saturated rings. The van der Waals surface area contributed by atoms with E-state index < -0.39 is 0 Å². The third-order valence-electron chi connectivity index (χ3n) is 5.56. The van der Waals surface area contributed by atoms with Crippen LogP contribution in [0.5, 0.6) is 0 Å². The van der Waals surface area contributed by atoms with Crippen molar-refractivity contribution in [3.05, 3.63) is 52.6 Å². The summed E-state index contributed by atoms with van der Waals surface area (Å²) in [4.78, 5) is 19.3. The fourth-order valence-corrected chi connectivity index (χ4v) is 4.07. The Kier molecular flexibility index (Phi) is 6.55. The lowest BCUT2D eigenvalue weighted by atomic mass is 10.00. The van der Waals surface area contributed by atoms with E-state index in [0.29, 0.717) is 13.1 Å². The van der Waals surface area contributed by atoms with Crippen molar-refractivity contribution >= 4 is 5.91 Å². The van der Waals surface area contributed by atoms with Gasteiger partial charge in [0.05, 0.1) is 12.6 Å². The molecule has 0 aliphatic carbocycles. The average Bonchev–Trinajstić information content (AvgIpc) is 3.28. The predicted octanol–water partition coefficient (Wildman–Crippen LogP) is 4.02. The summed E-state index contributed by atoms with van der Waals surface area (Å²) in [5.41, 5.74) is 5.21. The van der Waals surface area contributed by atoms with Gasteiger partial charge in [-0.3, -0.25) is 4.79 Å². The van der Waals surface area contributed by atoms with E-state index in [-0.39, 0.29) is 17.9 Å². The van der Waals surface area contributed by atoms with Gasteiger partial charge in [-0.2, -0.15) is 0 Å². The Morgan fingerprint density at radius 1 is 1.29 bits per heavy atom. The number of ether oxygens (including phenoxy) is 1. The monoisotopic (exact) mass is 383 g/mol. The van der Waals surface area contributed by atoms with Gasteiger partial charge in [-0.1, -0.05) is 31.5 Å². The predicted molar refractivity (Wildman–Crippen MR) is 111 cm³/mol. The van der Waals surface area contributed by atoms with Gasteiger partial charge in [-0.05, 0) is 50.3 Å². The summed E-state index contributed by atoms with van der Waals surface area (Å²) in [6.45, 7) is 13.1. The van der Waals surface area contributed by atoms with Crippen LogP contribution in [0.25, 0.3) is 0 Å². The van der Waals surface area contributed by atoms with Crippen molar-refractivity contribution in [3.63, 3.8) is 0 Å². The lowest BCUT2D eigenvalue weighted by Crippen LogP contribution is -2.39. The number of rotatable bonds is 7. The molecule has 2 aromatic rings. The summed E-state index contributed by atoms with van der Waals surface area (Å²) < 4.78 is 7.95. The summed E-state index contributed by atoms with van der Waals surface area (Å²) in [7, 11) is 0. The molecule has 1 amide bonds. The molecule has 0 radical (unpaired) electrons. The van der Waals surface area contributed by atoms with Crippen molar-refractivity contribution in [2.75, 3.05) is 13.2 Å². The van der Waals surface area contributed by atoms with E-state index >= 15 is 0 Å². The van der Waals surface area contributed by atoms with Crippen LogP contribution in [0, 0.1) is 26.7 Å². The van der Waals surface area contributed by atoms with Gasteiger partial charge in [0.15, 0.2) is 0 Å². The highest BCUT2D eigenvalue weighted by Gasteiger charge is 2.25. The van der Waals surface area contributed by atoms with Crippen LogP contribution < -0.4 is 0 Å². The Hall–Kier alpha value is -2.14. The second-order valence-electron chi connectivity index (χ2n) is 8.36. The Balaban J connectivity index is 1.79. The number of amides is 1. The molecule has 0 spiro atoms. The molecule has 1 aromatic carbocycles. The lowest BCUT2D eigenvalue weighted by Gasteiger charge is -2.27. The van der Waals surface area contributed by atoms with Crippen LogP contribution in [0.15, 0.2) is 24.5 Å². The SMILES string of the molecule is Cc1cc(C)c(Cn2ccnc2CN(CC2CCCO2)C(=O)C(C)C)c(C)c1. The molecule has 1 atom stereocenters. The molecule has 3 rings (SSSR count). The summed E-state index contributed by atoms with van der Waals surface area (Å²) in [6.07, 6.45) is 6.09. The number of aryl methyl sites for hydroxylation is 3. The third-order valence-corrected chi connectivity index (χ3v) is 5.56. The fourth-order valence-electron chi connectivity index (χ4n) is 4.07. The molecule has 1 unspecified atom stereocenters. The Bertz CT molecular complexity index is 796. The number of aromatic nitrogens is 2. The van der Waals surface area contributed by atoms with Crippen LogP contribution >= 0.6 is 0 Å². The highest BCUT2D eigenvalue weighted by Crippen LogP contribution is 2.20. The molecule has 5 nitrogen and oxygen atoms in total. The second-order valence-corrected chi connectivity index (χ2v) is 8.36. The molecule has 152 valence electrons.